The summed E-state index contributed by atoms with van der Waals surface area (Å²) in [4.78, 5) is 27.0. The molecule has 1 heterocycles. The maximum atomic E-state index is 12.8. The van der Waals surface area contributed by atoms with E-state index in [-0.39, 0.29) is 11.7 Å². The number of unbranched alkanes of at least 4 members (excludes halogenated alkanes) is 2. The normalized spacial score (nSPS) is 10.6. The number of hydrogen-bond acceptors (Lipinski definition) is 6. The van der Waals surface area contributed by atoms with E-state index in [4.69, 9.17) is 4.74 Å². The zero-order chi connectivity index (χ0) is 21.9. The van der Waals surface area contributed by atoms with Crippen LogP contribution in [0.3, 0.4) is 0 Å². The van der Waals surface area contributed by atoms with Crippen molar-refractivity contribution in [2.75, 3.05) is 18.5 Å². The topological polar surface area (TPSA) is 94.4 Å². The second kappa shape index (κ2) is 11.4. The molecular formula is C24H25N3O4. The molecule has 0 aliphatic rings. The third-order valence-corrected chi connectivity index (χ3v) is 4.83. The lowest BCUT2D eigenvalue weighted by Gasteiger charge is -2.17. The van der Waals surface area contributed by atoms with Crippen LogP contribution in [0.5, 0.6) is 0 Å². The van der Waals surface area contributed by atoms with Crippen molar-refractivity contribution in [2.45, 2.75) is 25.2 Å². The van der Waals surface area contributed by atoms with E-state index in [1.54, 1.807) is 6.07 Å². The fraction of sp³-hybridized carbons (Fsp3) is 0.250. The summed E-state index contributed by atoms with van der Waals surface area (Å²) >= 11 is 0. The zero-order valence-corrected chi connectivity index (χ0v) is 17.1. The molecule has 160 valence electrons. The number of pyridine rings is 1. The Labute approximate surface area is 181 Å². The van der Waals surface area contributed by atoms with Gasteiger partial charge in [-0.1, -0.05) is 60.7 Å². The highest BCUT2D eigenvalue weighted by Crippen LogP contribution is 2.26. The van der Waals surface area contributed by atoms with Crippen LogP contribution >= 0.6 is 0 Å². The molecular weight excluding hydrogens is 394 g/mol. The van der Waals surface area contributed by atoms with Crippen LogP contribution in [0.25, 0.3) is 0 Å². The number of benzene rings is 2. The number of nitrogens with zero attached hydrogens (tertiary/aromatic N) is 2. The number of esters is 1. The van der Waals surface area contributed by atoms with Crippen LogP contribution in [0.2, 0.25) is 0 Å². The minimum atomic E-state index is -0.474. The van der Waals surface area contributed by atoms with Gasteiger partial charge < -0.3 is 10.1 Å². The molecule has 1 N–H and O–H groups in total. The van der Waals surface area contributed by atoms with E-state index in [0.29, 0.717) is 19.0 Å². The predicted molar refractivity (Wildman–Crippen MR) is 119 cm³/mol. The van der Waals surface area contributed by atoms with E-state index in [1.165, 1.54) is 12.3 Å². The zero-order valence-electron chi connectivity index (χ0n) is 17.1. The second-order valence-electron chi connectivity index (χ2n) is 7.07. The molecule has 3 rings (SSSR count). The first kappa shape index (κ1) is 22.0. The minimum absolute atomic E-state index is 0.0309. The first-order chi connectivity index (χ1) is 15.1. The molecule has 0 fully saturated rings. The molecule has 0 unspecified atom stereocenters. The molecule has 0 spiro atoms. The van der Waals surface area contributed by atoms with Crippen molar-refractivity contribution in [3.8, 4) is 0 Å². The number of nitrogens with one attached hydrogen (secondary N) is 1. The van der Waals surface area contributed by atoms with Gasteiger partial charge in [0.15, 0.2) is 0 Å². The van der Waals surface area contributed by atoms with Gasteiger partial charge in [0.1, 0.15) is 17.9 Å². The summed E-state index contributed by atoms with van der Waals surface area (Å²) in [6, 6.07) is 22.3. The third-order valence-electron chi connectivity index (χ3n) is 4.83. The van der Waals surface area contributed by atoms with Gasteiger partial charge in [0.2, 0.25) is 0 Å². The van der Waals surface area contributed by atoms with Crippen LogP contribution in [-0.2, 0) is 9.53 Å². The second-order valence-corrected chi connectivity index (χ2v) is 7.07. The Morgan fingerprint density at radius 1 is 0.935 bits per heavy atom. The van der Waals surface area contributed by atoms with E-state index in [0.717, 1.165) is 30.4 Å². The number of carbonyl (C=O) groups is 1. The summed E-state index contributed by atoms with van der Waals surface area (Å²) in [6.45, 7) is 1.06. The first-order valence-corrected chi connectivity index (χ1v) is 10.3. The number of hydrogen-bond donors (Lipinski definition) is 1. The maximum absolute atomic E-state index is 12.8. The fourth-order valence-corrected chi connectivity index (χ4v) is 3.23. The molecule has 0 bridgehead atoms. The summed E-state index contributed by atoms with van der Waals surface area (Å²) in [7, 11) is 0. The molecule has 3 aromatic rings. The van der Waals surface area contributed by atoms with Gasteiger partial charge in [-0.2, -0.15) is 0 Å². The molecule has 1 aromatic heterocycles. The molecule has 2 aromatic carbocycles. The Morgan fingerprint density at radius 2 is 1.58 bits per heavy atom. The van der Waals surface area contributed by atoms with Crippen molar-refractivity contribution in [3.05, 3.63) is 100 Å². The van der Waals surface area contributed by atoms with Gasteiger partial charge in [-0.25, -0.2) is 4.98 Å². The van der Waals surface area contributed by atoms with Crippen molar-refractivity contribution in [2.24, 2.45) is 0 Å². The van der Waals surface area contributed by atoms with E-state index in [2.05, 4.69) is 10.3 Å². The lowest BCUT2D eigenvalue weighted by molar-refractivity contribution is -0.385. The van der Waals surface area contributed by atoms with Crippen LogP contribution in [0, 0.1) is 10.1 Å². The van der Waals surface area contributed by atoms with Crippen molar-refractivity contribution in [3.63, 3.8) is 0 Å². The van der Waals surface area contributed by atoms with Gasteiger partial charge in [-0.05, 0) is 36.5 Å². The third kappa shape index (κ3) is 6.64. The molecule has 0 saturated heterocycles. The van der Waals surface area contributed by atoms with Crippen molar-refractivity contribution in [1.29, 1.82) is 0 Å². The summed E-state index contributed by atoms with van der Waals surface area (Å²) < 4.78 is 5.58. The van der Waals surface area contributed by atoms with Crippen molar-refractivity contribution in [1.82, 2.24) is 4.98 Å². The van der Waals surface area contributed by atoms with E-state index >= 15 is 0 Å². The number of rotatable bonds is 11. The van der Waals surface area contributed by atoms with Gasteiger partial charge >= 0.3 is 5.97 Å². The average Bonchev–Trinajstić information content (AvgIpc) is 2.80. The van der Waals surface area contributed by atoms with Gasteiger partial charge in [-0.3, -0.25) is 14.9 Å². The van der Waals surface area contributed by atoms with Gasteiger partial charge in [0, 0.05) is 12.6 Å². The highest BCUT2D eigenvalue weighted by atomic mass is 16.6. The smallest absolute Gasteiger partial charge is 0.317 e. The number of nitro groups is 1. The summed E-state index contributed by atoms with van der Waals surface area (Å²) in [6.07, 6.45) is 3.75. The Balaban J connectivity index is 1.41. The predicted octanol–water partition coefficient (Wildman–Crippen LogP) is 4.95. The quantitative estimate of drug-likeness (QED) is 0.205. The van der Waals surface area contributed by atoms with Gasteiger partial charge in [0.25, 0.3) is 5.69 Å². The van der Waals surface area contributed by atoms with Crippen LogP contribution in [-0.4, -0.2) is 29.0 Å². The Morgan fingerprint density at radius 3 is 2.13 bits per heavy atom. The number of aromatic nitrogens is 1. The molecule has 0 atom stereocenters. The molecule has 7 nitrogen and oxygen atoms in total. The monoisotopic (exact) mass is 419 g/mol. The summed E-state index contributed by atoms with van der Waals surface area (Å²) in [5.41, 5.74) is 1.80. The maximum Gasteiger partial charge on any atom is 0.317 e. The highest BCUT2D eigenvalue weighted by molar-refractivity contribution is 5.82. The molecule has 31 heavy (non-hydrogen) atoms. The number of carbonyl (C=O) groups excluding carboxylic acids is 1. The standard InChI is InChI=1S/C24H25N3O4/c28-24(23(19-10-4-1-5-11-19)20-12-6-2-7-13-20)31-17-9-3-8-16-25-22-15-14-21(18-26-22)27(29)30/h1-2,4-7,10-15,18,23H,3,8-9,16-17H2,(H,25,26). The van der Waals surface area contributed by atoms with Crippen molar-refractivity contribution >= 4 is 17.5 Å². The van der Waals surface area contributed by atoms with Crippen LogP contribution in [0.4, 0.5) is 11.5 Å². The van der Waals surface area contributed by atoms with Crippen LogP contribution in [0.15, 0.2) is 79.0 Å². The molecule has 7 heteroatoms. The van der Waals surface area contributed by atoms with Crippen LogP contribution < -0.4 is 5.32 Å². The van der Waals surface area contributed by atoms with Crippen LogP contribution in [0.1, 0.15) is 36.3 Å². The molecule has 0 radical (unpaired) electrons. The Hall–Kier alpha value is -3.74. The largest absolute Gasteiger partial charge is 0.465 e. The molecule has 0 aliphatic heterocycles. The van der Waals surface area contributed by atoms with E-state index in [1.807, 2.05) is 60.7 Å². The number of anilines is 1. The SMILES string of the molecule is O=C(OCCCCCNc1ccc([N+](=O)[O-])cn1)C(c1ccccc1)c1ccccc1. The highest BCUT2D eigenvalue weighted by Gasteiger charge is 2.23. The average molecular weight is 419 g/mol. The van der Waals surface area contributed by atoms with Gasteiger partial charge in [0.05, 0.1) is 11.5 Å². The summed E-state index contributed by atoms with van der Waals surface area (Å²) in [5, 5.41) is 13.8. The Bertz CT molecular complexity index is 924. The van der Waals surface area contributed by atoms with Crippen molar-refractivity contribution < 1.29 is 14.5 Å². The molecule has 0 saturated carbocycles. The molecule has 0 aliphatic carbocycles. The summed E-state index contributed by atoms with van der Waals surface area (Å²) in [5.74, 6) is -0.0755. The lowest BCUT2D eigenvalue weighted by Crippen LogP contribution is -2.18. The minimum Gasteiger partial charge on any atom is -0.465 e. The molecule has 0 amide bonds. The fourth-order valence-electron chi connectivity index (χ4n) is 3.23. The van der Waals surface area contributed by atoms with E-state index in [9.17, 15) is 14.9 Å². The number of ether oxygens (including phenoxy) is 1. The lowest BCUT2D eigenvalue weighted by atomic mass is 9.91. The van der Waals surface area contributed by atoms with Gasteiger partial charge in [-0.15, -0.1) is 0 Å². The Kier molecular flexibility index (Phi) is 8.11. The first-order valence-electron chi connectivity index (χ1n) is 10.3. The van der Waals surface area contributed by atoms with E-state index < -0.39 is 10.8 Å².